The molecule has 0 bridgehead atoms. The van der Waals surface area contributed by atoms with Crippen LogP contribution in [0.15, 0.2) is 41.7 Å². The van der Waals surface area contributed by atoms with Crippen molar-refractivity contribution in [2.24, 2.45) is 10.7 Å². The van der Waals surface area contributed by atoms with Crippen LogP contribution < -0.4 is 15.8 Å². The lowest BCUT2D eigenvalue weighted by Gasteiger charge is -2.08. The summed E-state index contributed by atoms with van der Waals surface area (Å²) in [5.74, 6) is 1.21. The number of benzene rings is 1. The second-order valence-corrected chi connectivity index (χ2v) is 5.47. The lowest BCUT2D eigenvalue weighted by atomic mass is 10.1. The van der Waals surface area contributed by atoms with Gasteiger partial charge in [0.05, 0.1) is 25.0 Å². The second-order valence-electron chi connectivity index (χ2n) is 5.47. The van der Waals surface area contributed by atoms with E-state index in [1.165, 1.54) is 5.56 Å². The molecule has 1 atom stereocenters. The Morgan fingerprint density at radius 1 is 1.25 bits per heavy atom. The molecule has 0 radical (unpaired) electrons. The number of aryl methyl sites for hydroxylation is 1. The monoisotopic (exact) mass is 327 g/mol. The molecule has 0 fully saturated rings. The Hall–Kier alpha value is -2.83. The van der Waals surface area contributed by atoms with Crippen molar-refractivity contribution in [1.82, 2.24) is 9.97 Å². The highest BCUT2D eigenvalue weighted by atomic mass is 16.5. The summed E-state index contributed by atoms with van der Waals surface area (Å²) >= 11 is 0. The molecular formula is C17H21N5O2. The molecule has 1 aliphatic heterocycles. The fourth-order valence-electron chi connectivity index (χ4n) is 2.42. The minimum absolute atomic E-state index is 0.167. The first kappa shape index (κ1) is 16.0. The van der Waals surface area contributed by atoms with Gasteiger partial charge in [0.2, 0.25) is 5.95 Å². The first-order chi connectivity index (χ1) is 11.7. The molecule has 7 nitrogen and oxygen atoms in total. The number of hydrogen-bond acceptors (Lipinski definition) is 7. The van der Waals surface area contributed by atoms with Crippen LogP contribution in [-0.4, -0.2) is 35.2 Å². The van der Waals surface area contributed by atoms with Crippen molar-refractivity contribution in [2.45, 2.75) is 25.8 Å². The minimum Gasteiger partial charge on any atom is -0.491 e. The van der Waals surface area contributed by atoms with Gasteiger partial charge >= 0.3 is 0 Å². The number of hydrogen-bond donors (Lipinski definition) is 2. The Kier molecular flexibility index (Phi) is 5.10. The van der Waals surface area contributed by atoms with Crippen molar-refractivity contribution in [3.05, 3.63) is 42.2 Å². The number of aliphatic imine (C=N–C) groups is 1. The average Bonchev–Trinajstić information content (AvgIpc) is 3.02. The van der Waals surface area contributed by atoms with Gasteiger partial charge in [-0.1, -0.05) is 12.1 Å². The van der Waals surface area contributed by atoms with Gasteiger partial charge in [0.25, 0.3) is 6.02 Å². The van der Waals surface area contributed by atoms with Crippen LogP contribution in [-0.2, 0) is 11.2 Å². The van der Waals surface area contributed by atoms with E-state index >= 15 is 0 Å². The maximum Gasteiger partial charge on any atom is 0.282 e. The first-order valence-corrected chi connectivity index (χ1v) is 8.00. The molecule has 7 heteroatoms. The maximum absolute atomic E-state index is 5.51. The van der Waals surface area contributed by atoms with Crippen LogP contribution in [0, 0.1) is 0 Å². The molecule has 1 unspecified atom stereocenters. The third-order valence-electron chi connectivity index (χ3n) is 3.65. The average molecular weight is 327 g/mol. The Bertz CT molecular complexity index is 685. The molecule has 126 valence electrons. The zero-order valence-corrected chi connectivity index (χ0v) is 13.6. The highest BCUT2D eigenvalue weighted by molar-refractivity contribution is 5.73. The van der Waals surface area contributed by atoms with Gasteiger partial charge in [-0.2, -0.15) is 0 Å². The van der Waals surface area contributed by atoms with Gasteiger partial charge in [0, 0.05) is 5.69 Å². The number of nitrogens with zero attached hydrogens (tertiary/aromatic N) is 3. The van der Waals surface area contributed by atoms with Crippen LogP contribution in [0.25, 0.3) is 0 Å². The first-order valence-electron chi connectivity index (χ1n) is 8.00. The molecule has 0 aliphatic carbocycles. The van der Waals surface area contributed by atoms with Crippen molar-refractivity contribution in [2.75, 3.05) is 18.5 Å². The highest BCUT2D eigenvalue weighted by Gasteiger charge is 2.16. The second kappa shape index (κ2) is 7.63. The van der Waals surface area contributed by atoms with Gasteiger partial charge in [-0.05, 0) is 37.5 Å². The molecule has 1 aliphatic rings. The van der Waals surface area contributed by atoms with Gasteiger partial charge in [-0.25, -0.2) is 15.0 Å². The normalized spacial score (nSPS) is 16.4. The molecule has 0 saturated heterocycles. The molecule has 2 aromatic rings. The number of nitrogens with two attached hydrogens (primary N) is 1. The largest absolute Gasteiger partial charge is 0.491 e. The van der Waals surface area contributed by atoms with Crippen molar-refractivity contribution in [3.8, 4) is 5.75 Å². The van der Waals surface area contributed by atoms with Gasteiger partial charge < -0.3 is 20.5 Å². The summed E-state index contributed by atoms with van der Waals surface area (Å²) in [6, 6.07) is 8.66. The van der Waals surface area contributed by atoms with Crippen molar-refractivity contribution < 1.29 is 9.47 Å². The molecule has 0 spiro atoms. The maximum atomic E-state index is 5.51. The smallest absolute Gasteiger partial charge is 0.282 e. The number of anilines is 2. The molecule has 2 heterocycles. The van der Waals surface area contributed by atoms with Gasteiger partial charge in [-0.3, -0.25) is 0 Å². The quantitative estimate of drug-likeness (QED) is 0.810. The lowest BCUT2D eigenvalue weighted by Crippen LogP contribution is -2.10. The highest BCUT2D eigenvalue weighted by Crippen LogP contribution is 2.17. The van der Waals surface area contributed by atoms with Crippen molar-refractivity contribution in [1.29, 1.82) is 0 Å². The molecule has 3 N–H and O–H groups in total. The van der Waals surface area contributed by atoms with Gasteiger partial charge in [-0.15, -0.1) is 0 Å². The number of rotatable bonds is 7. The van der Waals surface area contributed by atoms with E-state index in [0.717, 1.165) is 18.5 Å². The Morgan fingerprint density at radius 3 is 2.62 bits per heavy atom. The Morgan fingerprint density at radius 2 is 2.00 bits per heavy atom. The van der Waals surface area contributed by atoms with E-state index in [0.29, 0.717) is 30.9 Å². The summed E-state index contributed by atoms with van der Waals surface area (Å²) < 4.78 is 10.5. The van der Waals surface area contributed by atoms with Crippen LogP contribution in [0.4, 0.5) is 11.6 Å². The summed E-state index contributed by atoms with van der Waals surface area (Å²) in [5, 5.41) is 3.17. The third-order valence-corrected chi connectivity index (χ3v) is 3.65. The molecule has 1 aromatic heterocycles. The molecule has 0 amide bonds. The van der Waals surface area contributed by atoms with Crippen LogP contribution >= 0.6 is 0 Å². The summed E-state index contributed by atoms with van der Waals surface area (Å²) in [6.45, 7) is 3.11. The number of aromatic nitrogens is 2. The zero-order valence-electron chi connectivity index (χ0n) is 13.6. The number of ether oxygens (including phenoxy) is 2. The van der Waals surface area contributed by atoms with E-state index in [1.54, 1.807) is 12.4 Å². The van der Waals surface area contributed by atoms with Gasteiger partial charge in [0.1, 0.15) is 6.61 Å². The molecule has 3 rings (SSSR count). The summed E-state index contributed by atoms with van der Waals surface area (Å²) in [7, 11) is 0. The summed E-state index contributed by atoms with van der Waals surface area (Å²) in [5.41, 5.74) is 7.70. The van der Waals surface area contributed by atoms with E-state index < -0.39 is 0 Å². The number of nitrogens with one attached hydrogen (secondary N) is 1. The molecular weight excluding hydrogens is 306 g/mol. The molecule has 0 saturated carbocycles. The standard InChI is InChI=1S/C17H21N5O2/c1-2-23-15-9-19-17(20-10-15)22-13-6-3-12(4-7-13)5-8-14-11-24-16(18)21-14/h3-4,6-7,9-10,14H,2,5,8,11H2,1H3,(H2,18,21)(H,19,20,22). The van der Waals surface area contributed by atoms with E-state index in [9.17, 15) is 0 Å². The molecule has 1 aromatic carbocycles. The fraction of sp³-hybridized carbons (Fsp3) is 0.353. The Balaban J connectivity index is 1.52. The van der Waals surface area contributed by atoms with Gasteiger partial charge in [0.15, 0.2) is 5.75 Å². The van der Waals surface area contributed by atoms with E-state index in [-0.39, 0.29) is 6.04 Å². The third kappa shape index (κ3) is 4.34. The topological polar surface area (TPSA) is 94.6 Å². The van der Waals surface area contributed by atoms with E-state index in [1.807, 2.05) is 19.1 Å². The SMILES string of the molecule is CCOc1cnc(Nc2ccc(CCC3COC(N)=N3)cc2)nc1. The summed E-state index contributed by atoms with van der Waals surface area (Å²) in [6.07, 6.45) is 5.17. The van der Waals surface area contributed by atoms with E-state index in [4.69, 9.17) is 15.2 Å². The predicted molar refractivity (Wildman–Crippen MR) is 92.6 cm³/mol. The van der Waals surface area contributed by atoms with Crippen LogP contribution in [0.3, 0.4) is 0 Å². The summed E-state index contributed by atoms with van der Waals surface area (Å²) in [4.78, 5) is 12.7. The fourth-order valence-corrected chi connectivity index (χ4v) is 2.42. The molecule has 24 heavy (non-hydrogen) atoms. The minimum atomic E-state index is 0.167. The predicted octanol–water partition coefficient (Wildman–Crippen LogP) is 2.27. The van der Waals surface area contributed by atoms with Crippen molar-refractivity contribution in [3.63, 3.8) is 0 Å². The van der Waals surface area contributed by atoms with Crippen molar-refractivity contribution >= 4 is 17.7 Å². The zero-order chi connectivity index (χ0) is 16.8. The van der Waals surface area contributed by atoms with E-state index in [2.05, 4.69) is 32.4 Å². The van der Waals surface area contributed by atoms with Crippen LogP contribution in [0.2, 0.25) is 0 Å². The van der Waals surface area contributed by atoms with Crippen LogP contribution in [0.1, 0.15) is 18.9 Å². The van der Waals surface area contributed by atoms with Crippen LogP contribution in [0.5, 0.6) is 5.75 Å². The lowest BCUT2D eigenvalue weighted by molar-refractivity contribution is 0.308. The number of amidine groups is 1. The Labute approximate surface area is 140 Å².